The van der Waals surface area contributed by atoms with Gasteiger partial charge in [-0.25, -0.2) is 0 Å². The minimum atomic E-state index is 0.242. The van der Waals surface area contributed by atoms with E-state index in [4.69, 9.17) is 4.42 Å². The molecule has 4 nitrogen and oxygen atoms in total. The summed E-state index contributed by atoms with van der Waals surface area (Å²) in [6.07, 6.45) is 2.99. The molecule has 0 bridgehead atoms. The first-order valence-corrected chi connectivity index (χ1v) is 7.72. The van der Waals surface area contributed by atoms with Gasteiger partial charge in [-0.15, -0.1) is 0 Å². The van der Waals surface area contributed by atoms with E-state index < -0.39 is 0 Å². The van der Waals surface area contributed by atoms with E-state index in [1.165, 1.54) is 12.0 Å². The first-order chi connectivity index (χ1) is 9.53. The maximum Gasteiger partial charge on any atom is 0.122 e. The second-order valence-corrected chi connectivity index (χ2v) is 6.49. The van der Waals surface area contributed by atoms with E-state index in [9.17, 15) is 0 Å². The van der Waals surface area contributed by atoms with Gasteiger partial charge in [-0.1, -0.05) is 6.92 Å². The summed E-state index contributed by atoms with van der Waals surface area (Å²) in [5, 5.41) is 3.45. The molecule has 1 saturated heterocycles. The van der Waals surface area contributed by atoms with Crippen LogP contribution in [0.4, 0.5) is 0 Å². The van der Waals surface area contributed by atoms with Crippen LogP contribution in [-0.2, 0) is 13.1 Å². The van der Waals surface area contributed by atoms with E-state index in [0.717, 1.165) is 45.0 Å². The number of nitrogens with one attached hydrogen (secondary N) is 1. The molecule has 2 heterocycles. The lowest BCUT2D eigenvalue weighted by Crippen LogP contribution is -2.57. The van der Waals surface area contributed by atoms with Gasteiger partial charge in [0, 0.05) is 37.3 Å². The molecular weight excluding hydrogens is 250 g/mol. The van der Waals surface area contributed by atoms with Gasteiger partial charge in [-0.05, 0) is 39.9 Å². The number of hydrogen-bond acceptors (Lipinski definition) is 4. The van der Waals surface area contributed by atoms with E-state index in [1.807, 2.05) is 6.26 Å². The van der Waals surface area contributed by atoms with E-state index >= 15 is 0 Å². The number of furan rings is 1. The molecule has 0 saturated carbocycles. The fourth-order valence-corrected chi connectivity index (χ4v) is 2.74. The van der Waals surface area contributed by atoms with Crippen molar-refractivity contribution in [2.45, 2.75) is 45.8 Å². The number of piperazine rings is 1. The zero-order chi connectivity index (χ0) is 14.6. The highest BCUT2D eigenvalue weighted by molar-refractivity contribution is 5.17. The van der Waals surface area contributed by atoms with Crippen LogP contribution in [0.2, 0.25) is 0 Å². The molecule has 1 aliphatic rings. The second-order valence-electron chi connectivity index (χ2n) is 6.49. The van der Waals surface area contributed by atoms with Gasteiger partial charge in [-0.2, -0.15) is 0 Å². The normalized spacial score (nSPS) is 20.4. The molecule has 0 aromatic carbocycles. The molecule has 1 fully saturated rings. The molecule has 1 N–H and O–H groups in total. The number of likely N-dealkylation sites (N-methyl/N-ethyl adjacent to an activating group) is 1. The topological polar surface area (TPSA) is 31.7 Å². The molecule has 0 atom stereocenters. The van der Waals surface area contributed by atoms with Crippen molar-refractivity contribution < 1.29 is 4.42 Å². The average Bonchev–Trinajstić information content (AvgIpc) is 2.81. The monoisotopic (exact) mass is 279 g/mol. The van der Waals surface area contributed by atoms with E-state index in [0.29, 0.717) is 0 Å². The van der Waals surface area contributed by atoms with Gasteiger partial charge >= 0.3 is 0 Å². The summed E-state index contributed by atoms with van der Waals surface area (Å²) in [5.74, 6) is 1.12. The Balaban J connectivity index is 1.92. The third-order valence-corrected chi connectivity index (χ3v) is 4.34. The van der Waals surface area contributed by atoms with Crippen molar-refractivity contribution in [3.8, 4) is 0 Å². The standard InChI is InChI=1S/C16H29N3O/c1-5-7-17-11-14-6-10-20-15(14)12-19-9-8-18(4)16(2,3)13-19/h6,10,17H,5,7-9,11-13H2,1-4H3. The van der Waals surface area contributed by atoms with Crippen LogP contribution in [0.25, 0.3) is 0 Å². The van der Waals surface area contributed by atoms with Crippen LogP contribution in [0.15, 0.2) is 16.7 Å². The van der Waals surface area contributed by atoms with E-state index in [1.54, 1.807) is 0 Å². The molecule has 0 radical (unpaired) electrons. The van der Waals surface area contributed by atoms with Crippen LogP contribution < -0.4 is 5.32 Å². The zero-order valence-electron chi connectivity index (χ0n) is 13.4. The Morgan fingerprint density at radius 1 is 1.35 bits per heavy atom. The first-order valence-electron chi connectivity index (χ1n) is 7.72. The summed E-state index contributed by atoms with van der Waals surface area (Å²) < 4.78 is 5.70. The highest BCUT2D eigenvalue weighted by atomic mass is 16.3. The highest BCUT2D eigenvalue weighted by Gasteiger charge is 2.31. The predicted molar refractivity (Wildman–Crippen MR) is 82.7 cm³/mol. The van der Waals surface area contributed by atoms with Crippen molar-refractivity contribution in [3.05, 3.63) is 23.7 Å². The van der Waals surface area contributed by atoms with Crippen molar-refractivity contribution in [2.75, 3.05) is 33.2 Å². The Hall–Kier alpha value is -0.840. The molecule has 20 heavy (non-hydrogen) atoms. The number of hydrogen-bond donors (Lipinski definition) is 1. The Labute approximate surface area is 123 Å². The van der Waals surface area contributed by atoms with Gasteiger partial charge in [0.15, 0.2) is 0 Å². The predicted octanol–water partition coefficient (Wildman–Crippen LogP) is 2.31. The number of rotatable bonds is 6. The van der Waals surface area contributed by atoms with E-state index in [-0.39, 0.29) is 5.54 Å². The number of nitrogens with zero attached hydrogens (tertiary/aromatic N) is 2. The van der Waals surface area contributed by atoms with Crippen LogP contribution in [-0.4, -0.2) is 48.6 Å². The quantitative estimate of drug-likeness (QED) is 0.810. The smallest absolute Gasteiger partial charge is 0.122 e. The van der Waals surface area contributed by atoms with Gasteiger partial charge in [0.25, 0.3) is 0 Å². The molecule has 0 amide bonds. The fraction of sp³-hybridized carbons (Fsp3) is 0.750. The summed E-state index contributed by atoms with van der Waals surface area (Å²) >= 11 is 0. The van der Waals surface area contributed by atoms with Crippen LogP contribution >= 0.6 is 0 Å². The van der Waals surface area contributed by atoms with Gasteiger partial charge in [0.1, 0.15) is 5.76 Å². The second kappa shape index (κ2) is 6.74. The van der Waals surface area contributed by atoms with Gasteiger partial charge in [0.05, 0.1) is 12.8 Å². The maximum absolute atomic E-state index is 5.70. The summed E-state index contributed by atoms with van der Waals surface area (Å²) in [6, 6.07) is 2.10. The molecular formula is C16H29N3O. The average molecular weight is 279 g/mol. The Morgan fingerprint density at radius 2 is 2.15 bits per heavy atom. The third-order valence-electron chi connectivity index (χ3n) is 4.34. The Kier molecular flexibility index (Phi) is 5.24. The molecule has 2 rings (SSSR count). The lowest BCUT2D eigenvalue weighted by Gasteiger charge is -2.45. The molecule has 0 aliphatic carbocycles. The van der Waals surface area contributed by atoms with Crippen molar-refractivity contribution in [2.24, 2.45) is 0 Å². The molecule has 1 aromatic heterocycles. The lowest BCUT2D eigenvalue weighted by atomic mass is 9.99. The zero-order valence-corrected chi connectivity index (χ0v) is 13.4. The Bertz CT molecular complexity index is 414. The van der Waals surface area contributed by atoms with Crippen LogP contribution in [0, 0.1) is 0 Å². The first kappa shape index (κ1) is 15.5. The molecule has 0 unspecified atom stereocenters. The van der Waals surface area contributed by atoms with Crippen LogP contribution in [0.3, 0.4) is 0 Å². The summed E-state index contributed by atoms with van der Waals surface area (Å²) in [4.78, 5) is 4.94. The lowest BCUT2D eigenvalue weighted by molar-refractivity contribution is 0.0326. The minimum Gasteiger partial charge on any atom is -0.468 e. The van der Waals surface area contributed by atoms with Crippen molar-refractivity contribution in [1.82, 2.24) is 15.1 Å². The Morgan fingerprint density at radius 3 is 2.85 bits per heavy atom. The van der Waals surface area contributed by atoms with Gasteiger partial charge in [-0.3, -0.25) is 9.80 Å². The summed E-state index contributed by atoms with van der Waals surface area (Å²) in [6.45, 7) is 13.0. The van der Waals surface area contributed by atoms with Crippen molar-refractivity contribution in [3.63, 3.8) is 0 Å². The largest absolute Gasteiger partial charge is 0.468 e. The van der Waals surface area contributed by atoms with E-state index in [2.05, 4.69) is 49.0 Å². The highest BCUT2D eigenvalue weighted by Crippen LogP contribution is 2.21. The third kappa shape index (κ3) is 3.84. The molecule has 1 aromatic rings. The molecule has 4 heteroatoms. The SMILES string of the molecule is CCCNCc1ccoc1CN1CCN(C)C(C)(C)C1. The van der Waals surface area contributed by atoms with Crippen LogP contribution in [0.1, 0.15) is 38.5 Å². The maximum atomic E-state index is 5.70. The van der Waals surface area contributed by atoms with Gasteiger partial charge in [0.2, 0.25) is 0 Å². The van der Waals surface area contributed by atoms with Crippen LogP contribution in [0.5, 0.6) is 0 Å². The fourth-order valence-electron chi connectivity index (χ4n) is 2.74. The summed E-state index contributed by atoms with van der Waals surface area (Å²) in [7, 11) is 2.21. The summed E-state index contributed by atoms with van der Waals surface area (Å²) in [5.41, 5.74) is 1.54. The molecule has 1 aliphatic heterocycles. The minimum absolute atomic E-state index is 0.242. The molecule has 114 valence electrons. The van der Waals surface area contributed by atoms with Crippen molar-refractivity contribution in [1.29, 1.82) is 0 Å². The van der Waals surface area contributed by atoms with Crippen molar-refractivity contribution >= 4 is 0 Å². The molecule has 0 spiro atoms. The van der Waals surface area contributed by atoms with Gasteiger partial charge < -0.3 is 9.73 Å².